The number of methoxy groups -OCH3 is 1. The molecular formula is C18H16N2O8S2. The molecule has 0 bridgehead atoms. The predicted molar refractivity (Wildman–Crippen MR) is 107 cm³/mol. The first-order chi connectivity index (χ1) is 13.9. The molecule has 3 rings (SSSR count). The van der Waals surface area contributed by atoms with E-state index in [9.17, 15) is 31.0 Å². The minimum atomic E-state index is -4.65. The lowest BCUT2D eigenvalue weighted by Gasteiger charge is -2.10. The number of fused-ring (bicyclic) bond motifs is 1. The third-order valence-electron chi connectivity index (χ3n) is 4.23. The van der Waals surface area contributed by atoms with Crippen molar-refractivity contribution >= 4 is 42.4 Å². The smallest absolute Gasteiger partial charge is 0.296 e. The quantitative estimate of drug-likeness (QED) is 0.389. The molecule has 3 aromatic rings. The minimum Gasteiger partial charge on any atom is -0.508 e. The summed E-state index contributed by atoms with van der Waals surface area (Å²) in [4.78, 5) is -0.882. The van der Waals surface area contributed by atoms with E-state index >= 15 is 0 Å². The number of aryl methyl sites for hydroxylation is 1. The molecule has 0 aliphatic heterocycles. The van der Waals surface area contributed by atoms with Gasteiger partial charge in [0.05, 0.1) is 7.11 Å². The van der Waals surface area contributed by atoms with E-state index in [0.29, 0.717) is 5.39 Å². The Labute approximate surface area is 172 Å². The van der Waals surface area contributed by atoms with Crippen molar-refractivity contribution in [2.75, 3.05) is 7.11 Å². The zero-order valence-electron chi connectivity index (χ0n) is 15.6. The Morgan fingerprint density at radius 3 is 2.13 bits per heavy atom. The van der Waals surface area contributed by atoms with Crippen LogP contribution in [0.25, 0.3) is 10.8 Å². The lowest BCUT2D eigenvalue weighted by Crippen LogP contribution is -2.01. The van der Waals surface area contributed by atoms with E-state index in [1.807, 2.05) is 0 Å². The molecule has 158 valence electrons. The lowest BCUT2D eigenvalue weighted by atomic mass is 10.1. The highest BCUT2D eigenvalue weighted by molar-refractivity contribution is 7.86. The molecule has 10 nitrogen and oxygen atoms in total. The van der Waals surface area contributed by atoms with Crippen molar-refractivity contribution in [1.82, 2.24) is 0 Å². The van der Waals surface area contributed by atoms with E-state index in [1.165, 1.54) is 44.4 Å². The van der Waals surface area contributed by atoms with Crippen LogP contribution in [0.4, 0.5) is 11.4 Å². The number of phenolic OH excluding ortho intramolecular Hbond substituents is 1. The number of benzene rings is 3. The summed E-state index contributed by atoms with van der Waals surface area (Å²) in [5.74, 6) is -0.0913. The second-order valence-corrected chi connectivity index (χ2v) is 9.04. The van der Waals surface area contributed by atoms with Gasteiger partial charge in [0.15, 0.2) is 0 Å². The normalized spacial score (nSPS) is 12.5. The molecule has 0 saturated heterocycles. The highest BCUT2D eigenvalue weighted by Crippen LogP contribution is 2.38. The van der Waals surface area contributed by atoms with E-state index in [2.05, 4.69) is 10.2 Å². The van der Waals surface area contributed by atoms with Gasteiger partial charge in [-0.3, -0.25) is 9.11 Å². The van der Waals surface area contributed by atoms with Crippen LogP contribution in [0.15, 0.2) is 62.5 Å². The van der Waals surface area contributed by atoms with Crippen LogP contribution in [0.3, 0.4) is 0 Å². The Balaban J connectivity index is 2.25. The van der Waals surface area contributed by atoms with Crippen molar-refractivity contribution in [2.45, 2.75) is 16.7 Å². The van der Waals surface area contributed by atoms with Gasteiger partial charge in [-0.15, -0.1) is 10.2 Å². The third kappa shape index (κ3) is 4.26. The van der Waals surface area contributed by atoms with Crippen LogP contribution in [0.5, 0.6) is 11.5 Å². The molecule has 0 saturated carbocycles. The van der Waals surface area contributed by atoms with Gasteiger partial charge < -0.3 is 9.84 Å². The summed E-state index contributed by atoms with van der Waals surface area (Å²) in [6.07, 6.45) is 0. The van der Waals surface area contributed by atoms with Gasteiger partial charge in [0, 0.05) is 11.5 Å². The van der Waals surface area contributed by atoms with Gasteiger partial charge >= 0.3 is 0 Å². The second-order valence-electron chi connectivity index (χ2n) is 6.26. The van der Waals surface area contributed by atoms with Crippen molar-refractivity contribution < 1.29 is 35.8 Å². The Bertz CT molecular complexity index is 1400. The molecule has 3 aromatic carbocycles. The summed E-state index contributed by atoms with van der Waals surface area (Å²) in [6, 6.07) is 8.98. The summed E-state index contributed by atoms with van der Waals surface area (Å²) >= 11 is 0. The molecule has 0 spiro atoms. The van der Waals surface area contributed by atoms with Gasteiger partial charge in [-0.2, -0.15) is 16.8 Å². The number of rotatable bonds is 5. The van der Waals surface area contributed by atoms with Crippen LogP contribution < -0.4 is 4.74 Å². The molecule has 12 heteroatoms. The maximum Gasteiger partial charge on any atom is 0.296 e. The van der Waals surface area contributed by atoms with Crippen LogP contribution in [0, 0.1) is 6.92 Å². The number of hydrogen-bond donors (Lipinski definition) is 3. The van der Waals surface area contributed by atoms with Gasteiger partial charge in [-0.1, -0.05) is 6.07 Å². The molecular weight excluding hydrogens is 436 g/mol. The van der Waals surface area contributed by atoms with E-state index in [0.717, 1.165) is 12.1 Å². The first-order valence-corrected chi connectivity index (χ1v) is 11.1. The molecule has 0 fully saturated rings. The molecule has 0 unspecified atom stereocenters. The van der Waals surface area contributed by atoms with E-state index in [4.69, 9.17) is 4.74 Å². The molecule has 0 radical (unpaired) electrons. The second kappa shape index (κ2) is 7.65. The molecule has 0 aliphatic rings. The molecule has 0 aliphatic carbocycles. The van der Waals surface area contributed by atoms with Crippen molar-refractivity contribution in [1.29, 1.82) is 0 Å². The van der Waals surface area contributed by atoms with Gasteiger partial charge in [0.25, 0.3) is 20.2 Å². The zero-order valence-corrected chi connectivity index (χ0v) is 17.3. The fraction of sp³-hybridized carbons (Fsp3) is 0.111. The summed E-state index contributed by atoms with van der Waals surface area (Å²) in [6.45, 7) is 1.42. The van der Waals surface area contributed by atoms with Crippen LogP contribution in [-0.4, -0.2) is 38.2 Å². The largest absolute Gasteiger partial charge is 0.508 e. The fourth-order valence-electron chi connectivity index (χ4n) is 2.87. The van der Waals surface area contributed by atoms with Crippen LogP contribution in [0.2, 0.25) is 0 Å². The lowest BCUT2D eigenvalue weighted by molar-refractivity contribution is 0.413. The molecule has 0 heterocycles. The number of hydrogen-bond acceptors (Lipinski definition) is 8. The molecule has 30 heavy (non-hydrogen) atoms. The average molecular weight is 452 g/mol. The monoisotopic (exact) mass is 452 g/mol. The summed E-state index contributed by atoms with van der Waals surface area (Å²) in [5.41, 5.74) is 0.0260. The standard InChI is InChI=1S/C18H16N2O8S2/c1-10-7-14(15(28-2)9-17(10)30(25,26)27)19-20-18-13-5-4-12(21)8-11(13)3-6-16(18)29(22,23)24/h3-9,21H,1-2H3,(H,22,23,24)(H,25,26,27)/b20-19+. The third-order valence-corrected chi connectivity index (χ3v) is 6.11. The molecule has 0 aromatic heterocycles. The van der Waals surface area contributed by atoms with Gasteiger partial charge in [0.2, 0.25) is 0 Å². The van der Waals surface area contributed by atoms with Gasteiger partial charge in [0.1, 0.15) is 32.7 Å². The summed E-state index contributed by atoms with van der Waals surface area (Å²) in [5, 5.41) is 18.3. The number of nitrogens with zero attached hydrogens (tertiary/aromatic N) is 2. The van der Waals surface area contributed by atoms with Crippen molar-refractivity contribution in [2.24, 2.45) is 10.2 Å². The number of azo groups is 1. The SMILES string of the molecule is COc1cc(S(=O)(=O)O)c(C)cc1/N=N/c1c(S(=O)(=O)O)ccc2cc(O)ccc12. The van der Waals surface area contributed by atoms with Crippen molar-refractivity contribution in [3.05, 3.63) is 48.0 Å². The first-order valence-electron chi connectivity index (χ1n) is 8.23. The first kappa shape index (κ1) is 21.6. The van der Waals surface area contributed by atoms with Crippen molar-refractivity contribution in [3.8, 4) is 11.5 Å². The Morgan fingerprint density at radius 1 is 0.867 bits per heavy atom. The van der Waals surface area contributed by atoms with Crippen molar-refractivity contribution in [3.63, 3.8) is 0 Å². The Hall–Kier alpha value is -3.06. The highest BCUT2D eigenvalue weighted by Gasteiger charge is 2.20. The number of aromatic hydroxyl groups is 1. The fourth-order valence-corrected chi connectivity index (χ4v) is 4.23. The maximum atomic E-state index is 11.8. The minimum absolute atomic E-state index is 0.0386. The topological polar surface area (TPSA) is 163 Å². The van der Waals surface area contributed by atoms with Gasteiger partial charge in [-0.25, -0.2) is 0 Å². The number of ether oxygens (including phenoxy) is 1. The molecule has 0 amide bonds. The maximum absolute atomic E-state index is 11.8. The number of phenols is 1. The summed E-state index contributed by atoms with van der Waals surface area (Å²) in [7, 11) is -7.89. The molecule has 3 N–H and O–H groups in total. The van der Waals surface area contributed by atoms with Crippen LogP contribution in [0.1, 0.15) is 5.56 Å². The van der Waals surface area contributed by atoms with Gasteiger partial charge in [-0.05, 0) is 48.2 Å². The summed E-state index contributed by atoms with van der Waals surface area (Å²) < 4.78 is 70.5. The van der Waals surface area contributed by atoms with Crippen LogP contribution in [-0.2, 0) is 20.2 Å². The average Bonchev–Trinajstić information content (AvgIpc) is 2.63. The van der Waals surface area contributed by atoms with Crippen LogP contribution >= 0.6 is 0 Å². The van der Waals surface area contributed by atoms with E-state index in [1.54, 1.807) is 0 Å². The molecule has 0 atom stereocenters. The Kier molecular flexibility index (Phi) is 5.52. The predicted octanol–water partition coefficient (Wildman–Crippen LogP) is 3.77. The van der Waals surface area contributed by atoms with E-state index < -0.39 is 25.1 Å². The van der Waals surface area contributed by atoms with E-state index in [-0.39, 0.29) is 38.7 Å². The highest BCUT2D eigenvalue weighted by atomic mass is 32.2. The Morgan fingerprint density at radius 2 is 1.53 bits per heavy atom. The zero-order chi connectivity index (χ0) is 22.3.